The summed E-state index contributed by atoms with van der Waals surface area (Å²) in [6.45, 7) is 0. The van der Waals surface area contributed by atoms with Crippen LogP contribution in [0.5, 0.6) is 0 Å². The van der Waals surface area contributed by atoms with Gasteiger partial charge in [-0.25, -0.2) is 15.0 Å². The molecule has 0 saturated heterocycles. The van der Waals surface area contributed by atoms with E-state index in [0.29, 0.717) is 17.5 Å². The van der Waals surface area contributed by atoms with Crippen molar-refractivity contribution in [3.8, 4) is 56.4 Å². The van der Waals surface area contributed by atoms with Crippen LogP contribution in [0.15, 0.2) is 173 Å². The summed E-state index contributed by atoms with van der Waals surface area (Å²) in [6.07, 6.45) is 0. The number of furan rings is 2. The molecule has 50 heavy (non-hydrogen) atoms. The molecule has 7 aromatic carbocycles. The molecular formula is C45H27N3O2. The average Bonchev–Trinajstić information content (AvgIpc) is 3.77. The van der Waals surface area contributed by atoms with E-state index in [1.807, 2.05) is 84.9 Å². The molecule has 0 aliphatic rings. The van der Waals surface area contributed by atoms with Gasteiger partial charge in [-0.1, -0.05) is 140 Å². The number of hydrogen-bond acceptors (Lipinski definition) is 5. The maximum Gasteiger partial charge on any atom is 0.168 e. The van der Waals surface area contributed by atoms with Gasteiger partial charge in [0.2, 0.25) is 0 Å². The predicted molar refractivity (Wildman–Crippen MR) is 202 cm³/mol. The molecule has 0 N–H and O–H groups in total. The first-order chi connectivity index (χ1) is 24.8. The number of rotatable bonds is 5. The summed E-state index contributed by atoms with van der Waals surface area (Å²) < 4.78 is 13.0. The van der Waals surface area contributed by atoms with Gasteiger partial charge in [0.1, 0.15) is 22.3 Å². The lowest BCUT2D eigenvalue weighted by molar-refractivity contribution is 0.668. The van der Waals surface area contributed by atoms with E-state index >= 15 is 0 Å². The summed E-state index contributed by atoms with van der Waals surface area (Å²) in [4.78, 5) is 15.5. The third-order valence-corrected chi connectivity index (χ3v) is 9.38. The van der Waals surface area contributed by atoms with Crippen molar-refractivity contribution in [3.05, 3.63) is 164 Å². The van der Waals surface area contributed by atoms with Crippen molar-refractivity contribution >= 4 is 43.9 Å². The van der Waals surface area contributed by atoms with E-state index in [0.717, 1.165) is 82.8 Å². The molecule has 3 aromatic heterocycles. The van der Waals surface area contributed by atoms with Gasteiger partial charge in [-0.3, -0.25) is 0 Å². The van der Waals surface area contributed by atoms with E-state index in [1.165, 1.54) is 0 Å². The van der Waals surface area contributed by atoms with Gasteiger partial charge in [0.05, 0.1) is 5.56 Å². The lowest BCUT2D eigenvalue weighted by atomic mass is 9.93. The van der Waals surface area contributed by atoms with Crippen LogP contribution in [0.3, 0.4) is 0 Å². The minimum Gasteiger partial charge on any atom is -0.456 e. The van der Waals surface area contributed by atoms with Crippen LogP contribution < -0.4 is 0 Å². The van der Waals surface area contributed by atoms with Crippen LogP contribution in [0.25, 0.3) is 100 Å². The molecule has 0 aliphatic heterocycles. The fraction of sp³-hybridized carbons (Fsp3) is 0. The Labute approximate surface area is 287 Å². The van der Waals surface area contributed by atoms with Crippen LogP contribution in [0.4, 0.5) is 0 Å². The lowest BCUT2D eigenvalue weighted by Gasteiger charge is -2.13. The first-order valence-electron chi connectivity index (χ1n) is 16.6. The molecule has 0 radical (unpaired) electrons. The summed E-state index contributed by atoms with van der Waals surface area (Å²) in [5, 5.41) is 4.12. The number of fused-ring (bicyclic) bond motifs is 6. The molecule has 0 fully saturated rings. The quantitative estimate of drug-likeness (QED) is 0.187. The largest absolute Gasteiger partial charge is 0.456 e. The molecule has 234 valence electrons. The van der Waals surface area contributed by atoms with Crippen molar-refractivity contribution in [2.75, 3.05) is 0 Å². The highest BCUT2D eigenvalue weighted by Crippen LogP contribution is 2.45. The Morgan fingerprint density at radius 2 is 0.860 bits per heavy atom. The zero-order valence-electron chi connectivity index (χ0n) is 26.7. The predicted octanol–water partition coefficient (Wildman–Crippen LogP) is 12.0. The van der Waals surface area contributed by atoms with Crippen LogP contribution in [-0.2, 0) is 0 Å². The molecule has 0 unspecified atom stereocenters. The summed E-state index contributed by atoms with van der Waals surface area (Å²) in [5.41, 5.74) is 10.0. The van der Waals surface area contributed by atoms with E-state index in [9.17, 15) is 0 Å². The molecule has 0 amide bonds. The number of benzene rings is 7. The minimum atomic E-state index is 0.533. The Balaban J connectivity index is 1.27. The molecule has 10 rings (SSSR count). The summed E-state index contributed by atoms with van der Waals surface area (Å²) >= 11 is 0. The fourth-order valence-corrected chi connectivity index (χ4v) is 7.01. The van der Waals surface area contributed by atoms with E-state index in [-0.39, 0.29) is 0 Å². The second kappa shape index (κ2) is 11.4. The zero-order chi connectivity index (χ0) is 33.0. The van der Waals surface area contributed by atoms with Crippen LogP contribution in [0, 0.1) is 0 Å². The number of nitrogens with zero attached hydrogens (tertiary/aromatic N) is 3. The molecule has 0 saturated carbocycles. The summed E-state index contributed by atoms with van der Waals surface area (Å²) in [5.74, 6) is 1.70. The number of hydrogen-bond donors (Lipinski definition) is 0. The van der Waals surface area contributed by atoms with Crippen molar-refractivity contribution < 1.29 is 8.83 Å². The maximum absolute atomic E-state index is 6.71. The summed E-state index contributed by atoms with van der Waals surface area (Å²) in [6, 6.07) is 55.6. The normalized spacial score (nSPS) is 11.6. The van der Waals surface area contributed by atoms with Crippen LogP contribution in [-0.4, -0.2) is 15.0 Å². The molecule has 5 heteroatoms. The molecule has 3 heterocycles. The third kappa shape index (κ3) is 4.60. The number of aromatic nitrogens is 3. The topological polar surface area (TPSA) is 65.0 Å². The first-order valence-corrected chi connectivity index (χ1v) is 16.6. The third-order valence-electron chi connectivity index (χ3n) is 9.38. The van der Waals surface area contributed by atoms with Crippen molar-refractivity contribution in [1.82, 2.24) is 15.0 Å². The van der Waals surface area contributed by atoms with Gasteiger partial charge in [-0.15, -0.1) is 0 Å². The molecule has 0 aliphatic carbocycles. The van der Waals surface area contributed by atoms with Crippen molar-refractivity contribution in [2.24, 2.45) is 0 Å². The standard InChI is InChI=1S/C45H27N3O2/c1-3-12-28(13-4-1)29-22-24-31(25-23-29)44-46-43(30-14-5-2-6-15-30)47-45(48-44)41-34(26-27-35-32-16-7-9-19-37(32)50-42(35)41)33-18-11-21-39-40(33)36-17-8-10-20-38(36)49-39/h1-27H. The van der Waals surface area contributed by atoms with E-state index in [2.05, 4.69) is 78.9 Å². The Kier molecular flexibility index (Phi) is 6.42. The Morgan fingerprint density at radius 3 is 1.60 bits per heavy atom. The van der Waals surface area contributed by atoms with Gasteiger partial charge in [-0.05, 0) is 46.5 Å². The van der Waals surface area contributed by atoms with Gasteiger partial charge in [0.15, 0.2) is 17.5 Å². The SMILES string of the molecule is c1ccc(-c2ccc(-c3nc(-c4ccccc4)nc(-c4c(-c5cccc6oc7ccccc7c56)ccc5c4oc4ccccc45)n3)cc2)cc1. The summed E-state index contributed by atoms with van der Waals surface area (Å²) in [7, 11) is 0. The lowest BCUT2D eigenvalue weighted by Crippen LogP contribution is -2.01. The minimum absolute atomic E-state index is 0.533. The van der Waals surface area contributed by atoms with Crippen molar-refractivity contribution in [1.29, 1.82) is 0 Å². The van der Waals surface area contributed by atoms with Crippen molar-refractivity contribution in [3.63, 3.8) is 0 Å². The van der Waals surface area contributed by atoms with Gasteiger partial charge in [0.25, 0.3) is 0 Å². The maximum atomic E-state index is 6.71. The Morgan fingerprint density at radius 1 is 0.320 bits per heavy atom. The van der Waals surface area contributed by atoms with Gasteiger partial charge >= 0.3 is 0 Å². The Hall–Kier alpha value is -6.85. The second-order valence-electron chi connectivity index (χ2n) is 12.4. The van der Waals surface area contributed by atoms with E-state index in [4.69, 9.17) is 23.8 Å². The number of para-hydroxylation sites is 2. The molecule has 0 atom stereocenters. The highest BCUT2D eigenvalue weighted by atomic mass is 16.3. The molecule has 0 spiro atoms. The fourth-order valence-electron chi connectivity index (χ4n) is 7.01. The molecule has 5 nitrogen and oxygen atoms in total. The van der Waals surface area contributed by atoms with Gasteiger partial charge < -0.3 is 8.83 Å². The van der Waals surface area contributed by atoms with Crippen LogP contribution in [0.1, 0.15) is 0 Å². The second-order valence-corrected chi connectivity index (χ2v) is 12.4. The van der Waals surface area contributed by atoms with E-state index in [1.54, 1.807) is 0 Å². The van der Waals surface area contributed by atoms with Gasteiger partial charge in [0, 0.05) is 32.7 Å². The molecule has 0 bridgehead atoms. The van der Waals surface area contributed by atoms with Crippen LogP contribution in [0.2, 0.25) is 0 Å². The highest BCUT2D eigenvalue weighted by Gasteiger charge is 2.24. The van der Waals surface area contributed by atoms with E-state index < -0.39 is 0 Å². The smallest absolute Gasteiger partial charge is 0.168 e. The first kappa shape index (κ1) is 28.2. The Bertz CT molecular complexity index is 2850. The molecular weight excluding hydrogens is 615 g/mol. The van der Waals surface area contributed by atoms with Crippen molar-refractivity contribution in [2.45, 2.75) is 0 Å². The van der Waals surface area contributed by atoms with Crippen LogP contribution >= 0.6 is 0 Å². The monoisotopic (exact) mass is 641 g/mol. The molecule has 10 aromatic rings. The van der Waals surface area contributed by atoms with Gasteiger partial charge in [-0.2, -0.15) is 0 Å². The zero-order valence-corrected chi connectivity index (χ0v) is 26.7. The highest BCUT2D eigenvalue weighted by molar-refractivity contribution is 6.17. The average molecular weight is 642 g/mol.